The zero-order valence-corrected chi connectivity index (χ0v) is 13.2. The van der Waals surface area contributed by atoms with Gasteiger partial charge in [-0.2, -0.15) is 0 Å². The van der Waals surface area contributed by atoms with Crippen LogP contribution in [0, 0.1) is 12.7 Å². The van der Waals surface area contributed by atoms with Gasteiger partial charge in [-0.05, 0) is 54.8 Å². The van der Waals surface area contributed by atoms with Crippen LogP contribution in [0.2, 0.25) is 0 Å². The van der Waals surface area contributed by atoms with Crippen LogP contribution in [-0.4, -0.2) is 22.1 Å². The number of benzene rings is 2. The van der Waals surface area contributed by atoms with Crippen molar-refractivity contribution >= 4 is 15.7 Å². The molecule has 0 amide bonds. The van der Waals surface area contributed by atoms with Gasteiger partial charge in [-0.1, -0.05) is 6.07 Å². The summed E-state index contributed by atoms with van der Waals surface area (Å²) in [5, 5.41) is 0. The molecule has 116 valence electrons. The van der Waals surface area contributed by atoms with Crippen molar-refractivity contribution in [2.45, 2.75) is 18.2 Å². The number of anilines is 1. The molecule has 0 aliphatic carbocycles. The molecule has 0 radical (unpaired) electrons. The minimum Gasteiger partial charge on any atom is -0.496 e. The van der Waals surface area contributed by atoms with Crippen molar-refractivity contribution in [1.82, 2.24) is 0 Å². The number of aryl methyl sites for hydroxylation is 1. The number of ether oxygens (including phenoxy) is 1. The molecule has 0 saturated carbocycles. The van der Waals surface area contributed by atoms with E-state index in [-0.39, 0.29) is 4.90 Å². The highest BCUT2D eigenvalue weighted by atomic mass is 32.2. The summed E-state index contributed by atoms with van der Waals surface area (Å²) in [7, 11) is -2.17. The Labute approximate surface area is 129 Å². The van der Waals surface area contributed by atoms with Gasteiger partial charge >= 0.3 is 0 Å². The van der Waals surface area contributed by atoms with E-state index in [4.69, 9.17) is 4.74 Å². The fourth-order valence-electron chi connectivity index (χ4n) is 2.71. The zero-order chi connectivity index (χ0) is 15.9. The molecule has 0 fully saturated rings. The van der Waals surface area contributed by atoms with Crippen LogP contribution in [0.25, 0.3) is 0 Å². The Bertz CT molecular complexity index is 833. The molecule has 1 aliphatic rings. The maximum atomic E-state index is 13.5. The van der Waals surface area contributed by atoms with Crippen molar-refractivity contribution in [2.24, 2.45) is 0 Å². The molecule has 4 nitrogen and oxygen atoms in total. The van der Waals surface area contributed by atoms with E-state index < -0.39 is 15.8 Å². The second-order valence-electron chi connectivity index (χ2n) is 5.23. The van der Waals surface area contributed by atoms with Crippen LogP contribution < -0.4 is 9.04 Å². The Hall–Kier alpha value is -2.08. The third kappa shape index (κ3) is 2.33. The molecule has 0 aromatic heterocycles. The second kappa shape index (κ2) is 5.28. The fourth-order valence-corrected chi connectivity index (χ4v) is 4.29. The van der Waals surface area contributed by atoms with Gasteiger partial charge in [0.05, 0.1) is 17.7 Å². The lowest BCUT2D eigenvalue weighted by molar-refractivity contribution is 0.411. The maximum absolute atomic E-state index is 13.5. The highest BCUT2D eigenvalue weighted by molar-refractivity contribution is 7.92. The summed E-state index contributed by atoms with van der Waals surface area (Å²) in [4.78, 5) is 0.183. The normalized spacial score (nSPS) is 14.0. The fraction of sp³-hybridized carbons (Fsp3) is 0.250. The molecule has 0 unspecified atom stereocenters. The van der Waals surface area contributed by atoms with Crippen molar-refractivity contribution in [2.75, 3.05) is 18.0 Å². The van der Waals surface area contributed by atoms with Gasteiger partial charge in [0.15, 0.2) is 0 Å². The van der Waals surface area contributed by atoms with Crippen LogP contribution >= 0.6 is 0 Å². The number of fused-ring (bicyclic) bond motifs is 1. The topological polar surface area (TPSA) is 46.6 Å². The van der Waals surface area contributed by atoms with Crippen molar-refractivity contribution in [3.63, 3.8) is 0 Å². The summed E-state index contributed by atoms with van der Waals surface area (Å²) in [6.45, 7) is 2.11. The van der Waals surface area contributed by atoms with Gasteiger partial charge in [0.1, 0.15) is 11.6 Å². The van der Waals surface area contributed by atoms with Crippen molar-refractivity contribution in [3.05, 3.63) is 53.3 Å². The highest BCUT2D eigenvalue weighted by Gasteiger charge is 2.31. The maximum Gasteiger partial charge on any atom is 0.264 e. The van der Waals surface area contributed by atoms with Crippen LogP contribution in [0.3, 0.4) is 0 Å². The van der Waals surface area contributed by atoms with Crippen molar-refractivity contribution in [1.29, 1.82) is 0 Å². The smallest absolute Gasteiger partial charge is 0.264 e. The first-order chi connectivity index (χ1) is 10.4. The standard InChI is InChI=1S/C16H16FNO3S/c1-11-9-14(5-6-16(11)21-2)22(19,20)18-8-7-12-3-4-13(17)10-15(12)18/h3-6,9-10H,7-8H2,1-2H3. The number of halogens is 1. The van der Waals surface area contributed by atoms with Gasteiger partial charge < -0.3 is 4.74 Å². The first kappa shape index (κ1) is 14.8. The number of nitrogens with zero attached hydrogens (tertiary/aromatic N) is 1. The molecule has 22 heavy (non-hydrogen) atoms. The number of hydrogen-bond donors (Lipinski definition) is 0. The number of hydrogen-bond acceptors (Lipinski definition) is 3. The van der Waals surface area contributed by atoms with E-state index in [1.54, 1.807) is 25.1 Å². The average molecular weight is 321 g/mol. The molecule has 1 heterocycles. The lowest BCUT2D eigenvalue weighted by atomic mass is 10.2. The molecule has 6 heteroatoms. The van der Waals surface area contributed by atoms with E-state index >= 15 is 0 Å². The Morgan fingerprint density at radius 3 is 2.64 bits per heavy atom. The van der Waals surface area contributed by atoms with Gasteiger partial charge in [-0.25, -0.2) is 12.8 Å². The minimum atomic E-state index is -3.71. The Morgan fingerprint density at radius 2 is 1.95 bits per heavy atom. The molecular weight excluding hydrogens is 305 g/mol. The van der Waals surface area contributed by atoms with Crippen LogP contribution in [0.1, 0.15) is 11.1 Å². The van der Waals surface area contributed by atoms with Gasteiger partial charge in [0, 0.05) is 6.54 Å². The van der Waals surface area contributed by atoms with Crippen LogP contribution in [0.15, 0.2) is 41.3 Å². The van der Waals surface area contributed by atoms with Gasteiger partial charge in [-0.15, -0.1) is 0 Å². The summed E-state index contributed by atoms with van der Waals surface area (Å²) in [6, 6.07) is 8.98. The zero-order valence-electron chi connectivity index (χ0n) is 12.3. The van der Waals surface area contributed by atoms with Gasteiger partial charge in [0.25, 0.3) is 10.0 Å². The summed E-state index contributed by atoms with van der Waals surface area (Å²) in [5.41, 5.74) is 2.01. The molecule has 0 saturated heterocycles. The largest absolute Gasteiger partial charge is 0.496 e. The summed E-state index contributed by atoms with van der Waals surface area (Å²) >= 11 is 0. The SMILES string of the molecule is COc1ccc(S(=O)(=O)N2CCc3ccc(F)cc32)cc1C. The molecule has 3 rings (SSSR count). The van der Waals surface area contributed by atoms with Crippen LogP contribution in [0.4, 0.5) is 10.1 Å². The minimum absolute atomic E-state index is 0.183. The summed E-state index contributed by atoms with van der Waals surface area (Å²) < 4.78 is 45.5. The Balaban J connectivity index is 2.05. The molecule has 0 atom stereocenters. The van der Waals surface area contributed by atoms with E-state index in [2.05, 4.69) is 0 Å². The van der Waals surface area contributed by atoms with Crippen LogP contribution in [0.5, 0.6) is 5.75 Å². The molecule has 0 spiro atoms. The van der Waals surface area contributed by atoms with Crippen molar-refractivity contribution in [3.8, 4) is 5.75 Å². The lowest BCUT2D eigenvalue weighted by Gasteiger charge is -2.20. The van der Waals surface area contributed by atoms with E-state index in [0.29, 0.717) is 24.4 Å². The molecule has 2 aromatic carbocycles. The second-order valence-corrected chi connectivity index (χ2v) is 7.09. The van der Waals surface area contributed by atoms with Crippen molar-refractivity contribution < 1.29 is 17.5 Å². The Kier molecular flexibility index (Phi) is 3.56. The monoisotopic (exact) mass is 321 g/mol. The molecule has 0 N–H and O–H groups in total. The number of methoxy groups -OCH3 is 1. The van der Waals surface area contributed by atoms with E-state index in [1.165, 1.54) is 29.6 Å². The first-order valence-corrected chi connectivity index (χ1v) is 8.33. The third-order valence-electron chi connectivity index (χ3n) is 3.85. The molecular formula is C16H16FNO3S. The quantitative estimate of drug-likeness (QED) is 0.873. The molecule has 1 aliphatic heterocycles. The predicted octanol–water partition coefficient (Wildman–Crippen LogP) is 2.89. The van der Waals surface area contributed by atoms with E-state index in [1.807, 2.05) is 0 Å². The molecule has 0 bridgehead atoms. The predicted molar refractivity (Wildman–Crippen MR) is 82.4 cm³/mol. The first-order valence-electron chi connectivity index (χ1n) is 6.89. The lowest BCUT2D eigenvalue weighted by Crippen LogP contribution is -2.29. The summed E-state index contributed by atoms with van der Waals surface area (Å²) in [5.74, 6) is 0.193. The third-order valence-corrected chi connectivity index (χ3v) is 5.66. The average Bonchev–Trinajstić information content (AvgIpc) is 2.90. The Morgan fingerprint density at radius 1 is 1.18 bits per heavy atom. The van der Waals surface area contributed by atoms with E-state index in [0.717, 1.165) is 11.1 Å². The molecule has 2 aromatic rings. The number of rotatable bonds is 3. The van der Waals surface area contributed by atoms with Crippen LogP contribution in [-0.2, 0) is 16.4 Å². The highest BCUT2D eigenvalue weighted by Crippen LogP contribution is 2.34. The van der Waals surface area contributed by atoms with E-state index in [9.17, 15) is 12.8 Å². The number of sulfonamides is 1. The summed E-state index contributed by atoms with van der Waals surface area (Å²) in [6.07, 6.45) is 0.587. The van der Waals surface area contributed by atoms with Gasteiger partial charge in [0.2, 0.25) is 0 Å². The van der Waals surface area contributed by atoms with Gasteiger partial charge in [-0.3, -0.25) is 4.31 Å².